The molecule has 0 aromatic rings. The van der Waals surface area contributed by atoms with Gasteiger partial charge in [0, 0.05) is 0 Å². The van der Waals surface area contributed by atoms with E-state index >= 15 is 0 Å². The van der Waals surface area contributed by atoms with Crippen molar-refractivity contribution in [2.45, 2.75) is 411 Å². The molecule has 3 atom stereocenters. The Morgan fingerprint density at radius 2 is 0.573 bits per heavy atom. The molecule has 0 fully saturated rings. The van der Waals surface area contributed by atoms with Crippen molar-refractivity contribution in [2.24, 2.45) is 0 Å². The molecule has 0 saturated carbocycles. The van der Waals surface area contributed by atoms with Gasteiger partial charge in [0.2, 0.25) is 5.91 Å². The van der Waals surface area contributed by atoms with Crippen molar-refractivity contribution in [2.75, 3.05) is 6.61 Å². The first-order valence-electron chi connectivity index (χ1n) is 34.6. The van der Waals surface area contributed by atoms with E-state index < -0.39 is 18.2 Å². The molecule has 75 heavy (non-hydrogen) atoms. The topological polar surface area (TPSA) is 89.8 Å². The van der Waals surface area contributed by atoms with E-state index in [4.69, 9.17) is 0 Å². The van der Waals surface area contributed by atoms with Crippen LogP contribution in [0.25, 0.3) is 0 Å². The number of allylic oxidation sites excluding steroid dienone is 3. The van der Waals surface area contributed by atoms with Crippen molar-refractivity contribution in [1.82, 2.24) is 5.32 Å². The van der Waals surface area contributed by atoms with Gasteiger partial charge in [0.1, 0.15) is 0 Å². The van der Waals surface area contributed by atoms with Gasteiger partial charge in [-0.25, -0.2) is 0 Å². The quantitative estimate of drug-likeness (QED) is 0.0361. The Morgan fingerprint density at radius 3 is 0.853 bits per heavy atom. The van der Waals surface area contributed by atoms with Crippen LogP contribution < -0.4 is 5.32 Å². The van der Waals surface area contributed by atoms with E-state index in [2.05, 4.69) is 31.3 Å². The number of hydrogen-bond acceptors (Lipinski definition) is 4. The molecule has 0 rings (SSSR count). The minimum Gasteiger partial charge on any atom is -0.394 e. The van der Waals surface area contributed by atoms with Crippen LogP contribution in [0.1, 0.15) is 393 Å². The lowest BCUT2D eigenvalue weighted by Gasteiger charge is -2.21. The normalized spacial score (nSPS) is 13.2. The molecule has 446 valence electrons. The molecule has 0 aliphatic heterocycles. The standard InChI is InChI=1S/C70H137NO4/c1-3-5-7-9-11-13-15-17-19-21-23-25-27-29-30-31-32-33-34-35-36-37-38-40-41-43-45-47-49-51-53-55-57-59-61-63-67(73)65-70(75)71-68(66-72)69(74)64-62-60-58-56-54-52-50-48-46-44-42-39-28-26-24-22-20-18-16-14-12-10-8-6-4-2/h54,56,62,64,67-69,72-74H,3-53,55,57-61,63,65-66H2,1-2H3,(H,71,75)/b56-54+,64-62+. The lowest BCUT2D eigenvalue weighted by molar-refractivity contribution is -0.124. The highest BCUT2D eigenvalue weighted by atomic mass is 16.3. The number of rotatable bonds is 65. The second kappa shape index (κ2) is 65.3. The summed E-state index contributed by atoms with van der Waals surface area (Å²) >= 11 is 0. The first-order chi connectivity index (χ1) is 37.0. The fraction of sp³-hybridized carbons (Fsp3) is 0.929. The van der Waals surface area contributed by atoms with Crippen LogP contribution in [0.2, 0.25) is 0 Å². The maximum absolute atomic E-state index is 12.6. The first kappa shape index (κ1) is 73.8. The highest BCUT2D eigenvalue weighted by Crippen LogP contribution is 2.19. The van der Waals surface area contributed by atoms with Crippen molar-refractivity contribution >= 4 is 5.91 Å². The Hall–Kier alpha value is -1.17. The third kappa shape index (κ3) is 61.9. The van der Waals surface area contributed by atoms with Crippen molar-refractivity contribution in [1.29, 1.82) is 0 Å². The summed E-state index contributed by atoms with van der Waals surface area (Å²) in [5.74, 6) is -0.317. The maximum Gasteiger partial charge on any atom is 0.222 e. The predicted octanol–water partition coefficient (Wildman–Crippen LogP) is 22.4. The highest BCUT2D eigenvalue weighted by molar-refractivity contribution is 5.76. The van der Waals surface area contributed by atoms with Crippen LogP contribution >= 0.6 is 0 Å². The van der Waals surface area contributed by atoms with Gasteiger partial charge in [-0.2, -0.15) is 0 Å². The van der Waals surface area contributed by atoms with Gasteiger partial charge in [0.05, 0.1) is 31.3 Å². The SMILES string of the molecule is CCCCCCCCCCCCCCCCCCCCC/C=C/CC/C=C/C(O)C(CO)NC(=O)CC(O)CCCCCCCCCCCCCCCCCCCCCCCCCCCCCCCCCCCCC. The Labute approximate surface area is 471 Å². The molecule has 3 unspecified atom stereocenters. The third-order valence-corrected chi connectivity index (χ3v) is 16.5. The summed E-state index contributed by atoms with van der Waals surface area (Å²) in [6.45, 7) is 4.26. The Balaban J connectivity index is 3.48. The number of nitrogens with one attached hydrogen (secondary N) is 1. The second-order valence-electron chi connectivity index (χ2n) is 24.1. The number of unbranched alkanes of at least 4 members (excludes halogenated alkanes) is 54. The van der Waals surface area contributed by atoms with E-state index in [1.807, 2.05) is 6.08 Å². The average Bonchev–Trinajstić information content (AvgIpc) is 3.41. The fourth-order valence-corrected chi connectivity index (χ4v) is 11.2. The molecule has 0 radical (unpaired) electrons. The lowest BCUT2D eigenvalue weighted by atomic mass is 10.0. The summed E-state index contributed by atoms with van der Waals surface area (Å²) in [7, 11) is 0. The monoisotopic (exact) mass is 1060 g/mol. The van der Waals surface area contributed by atoms with Gasteiger partial charge in [-0.1, -0.05) is 378 Å². The molecule has 0 saturated heterocycles. The van der Waals surface area contributed by atoms with Gasteiger partial charge in [-0.05, 0) is 32.1 Å². The lowest BCUT2D eigenvalue weighted by Crippen LogP contribution is -2.45. The summed E-state index contributed by atoms with van der Waals surface area (Å²) in [6, 6.07) is -0.760. The highest BCUT2D eigenvalue weighted by Gasteiger charge is 2.20. The smallest absolute Gasteiger partial charge is 0.222 e. The maximum atomic E-state index is 12.6. The van der Waals surface area contributed by atoms with Crippen molar-refractivity contribution in [3.05, 3.63) is 24.3 Å². The number of aliphatic hydroxyl groups excluding tert-OH is 3. The number of amides is 1. The molecule has 0 heterocycles. The van der Waals surface area contributed by atoms with E-state index in [0.717, 1.165) is 32.1 Å². The predicted molar refractivity (Wildman–Crippen MR) is 333 cm³/mol. The largest absolute Gasteiger partial charge is 0.394 e. The van der Waals surface area contributed by atoms with Crippen LogP contribution in [0.15, 0.2) is 24.3 Å². The number of carbonyl (C=O) groups is 1. The Kier molecular flexibility index (Phi) is 64.3. The van der Waals surface area contributed by atoms with E-state index in [9.17, 15) is 20.1 Å². The number of hydrogen-bond donors (Lipinski definition) is 4. The molecule has 0 bridgehead atoms. The summed E-state index contributed by atoms with van der Waals surface area (Å²) in [5, 5.41) is 33.6. The second-order valence-corrected chi connectivity index (χ2v) is 24.1. The van der Waals surface area contributed by atoms with Gasteiger partial charge >= 0.3 is 0 Å². The van der Waals surface area contributed by atoms with Gasteiger partial charge in [-0.15, -0.1) is 0 Å². The van der Waals surface area contributed by atoms with Crippen LogP contribution in [0.4, 0.5) is 0 Å². The molecular weight excluding hydrogens is 919 g/mol. The van der Waals surface area contributed by atoms with E-state index in [0.29, 0.717) is 6.42 Å². The molecule has 1 amide bonds. The van der Waals surface area contributed by atoms with Crippen molar-refractivity contribution < 1.29 is 20.1 Å². The number of carbonyl (C=O) groups excluding carboxylic acids is 1. The first-order valence-corrected chi connectivity index (χ1v) is 34.6. The molecule has 0 aromatic carbocycles. The minimum absolute atomic E-state index is 0.0108. The summed E-state index contributed by atoms with van der Waals surface area (Å²) in [5.41, 5.74) is 0. The Bertz CT molecular complexity index is 1120. The molecule has 5 nitrogen and oxygen atoms in total. The van der Waals surface area contributed by atoms with Crippen LogP contribution in [-0.4, -0.2) is 46.1 Å². The summed E-state index contributed by atoms with van der Waals surface area (Å²) in [4.78, 5) is 12.6. The Morgan fingerprint density at radius 1 is 0.333 bits per heavy atom. The molecule has 4 N–H and O–H groups in total. The zero-order valence-corrected chi connectivity index (χ0v) is 51.2. The van der Waals surface area contributed by atoms with Gasteiger partial charge in [0.25, 0.3) is 0 Å². The van der Waals surface area contributed by atoms with Crippen molar-refractivity contribution in [3.63, 3.8) is 0 Å². The minimum atomic E-state index is -0.952. The zero-order valence-electron chi connectivity index (χ0n) is 51.2. The zero-order chi connectivity index (χ0) is 54.3. The van der Waals surface area contributed by atoms with E-state index in [1.165, 1.54) is 334 Å². The van der Waals surface area contributed by atoms with Crippen LogP contribution in [-0.2, 0) is 4.79 Å². The summed E-state index contributed by atoms with van der Waals surface area (Å²) in [6.07, 6.45) is 85.8. The molecule has 0 aromatic heterocycles. The van der Waals surface area contributed by atoms with Crippen molar-refractivity contribution in [3.8, 4) is 0 Å². The van der Waals surface area contributed by atoms with E-state index in [1.54, 1.807) is 6.08 Å². The van der Waals surface area contributed by atoms with Crippen LogP contribution in [0.5, 0.6) is 0 Å². The van der Waals surface area contributed by atoms with Crippen LogP contribution in [0, 0.1) is 0 Å². The molecular formula is C70H137NO4. The molecule has 5 heteroatoms. The van der Waals surface area contributed by atoms with Gasteiger partial charge in [0.15, 0.2) is 0 Å². The fourth-order valence-electron chi connectivity index (χ4n) is 11.2. The van der Waals surface area contributed by atoms with Crippen LogP contribution in [0.3, 0.4) is 0 Å². The molecule has 0 spiro atoms. The third-order valence-electron chi connectivity index (χ3n) is 16.5. The van der Waals surface area contributed by atoms with E-state index in [-0.39, 0.29) is 18.9 Å². The molecule has 0 aliphatic rings. The summed E-state index contributed by atoms with van der Waals surface area (Å²) < 4.78 is 0. The number of aliphatic hydroxyl groups is 3. The van der Waals surface area contributed by atoms with Gasteiger partial charge in [-0.3, -0.25) is 4.79 Å². The molecule has 0 aliphatic carbocycles. The average molecular weight is 1060 g/mol. The van der Waals surface area contributed by atoms with Gasteiger partial charge < -0.3 is 20.6 Å².